The van der Waals surface area contributed by atoms with Gasteiger partial charge in [-0.3, -0.25) is 10.1 Å². The molecule has 1 fully saturated rings. The zero-order valence-electron chi connectivity index (χ0n) is 8.07. The first-order chi connectivity index (χ1) is 7.16. The maximum atomic E-state index is 10.5. The van der Waals surface area contributed by atoms with E-state index in [1.54, 1.807) is 12.1 Å². The van der Waals surface area contributed by atoms with E-state index in [1.807, 2.05) is 0 Å². The number of anilines is 1. The third kappa shape index (κ3) is 2.80. The van der Waals surface area contributed by atoms with Gasteiger partial charge in [-0.2, -0.15) is 0 Å². The Morgan fingerprint density at radius 1 is 1.53 bits per heavy atom. The number of nitrogens with one attached hydrogen (secondary N) is 1. The molecule has 0 amide bonds. The molecule has 5 heteroatoms. The number of benzene rings is 1. The van der Waals surface area contributed by atoms with Crippen LogP contribution in [-0.4, -0.2) is 11.5 Å². The largest absolute Gasteiger partial charge is 0.384 e. The summed E-state index contributed by atoms with van der Waals surface area (Å²) in [5.74, 6) is 0.802. The molecule has 1 aliphatic carbocycles. The van der Waals surface area contributed by atoms with Gasteiger partial charge in [-0.15, -0.1) is 0 Å². The van der Waals surface area contributed by atoms with E-state index >= 15 is 0 Å². The van der Waals surface area contributed by atoms with E-state index in [-0.39, 0.29) is 10.6 Å². The normalized spacial score (nSPS) is 15.0. The molecule has 0 spiro atoms. The summed E-state index contributed by atoms with van der Waals surface area (Å²) in [6.45, 7) is 0.980. The van der Waals surface area contributed by atoms with Gasteiger partial charge in [0, 0.05) is 27.9 Å². The Morgan fingerprint density at radius 2 is 2.27 bits per heavy atom. The number of nitro benzene ring substituents is 1. The second-order valence-electron chi connectivity index (χ2n) is 3.75. The van der Waals surface area contributed by atoms with Gasteiger partial charge in [0.15, 0.2) is 0 Å². The van der Waals surface area contributed by atoms with Crippen molar-refractivity contribution in [2.75, 3.05) is 11.9 Å². The molecule has 1 N–H and O–H groups in total. The highest BCUT2D eigenvalue weighted by molar-refractivity contribution is 14.1. The molecular weight excluding hydrogens is 307 g/mol. The number of non-ortho nitro benzene ring substituents is 1. The van der Waals surface area contributed by atoms with Crippen molar-refractivity contribution in [3.63, 3.8) is 0 Å². The highest BCUT2D eigenvalue weighted by Gasteiger charge is 2.21. The van der Waals surface area contributed by atoms with Gasteiger partial charge in [-0.25, -0.2) is 0 Å². The highest BCUT2D eigenvalue weighted by atomic mass is 127. The molecule has 1 aromatic rings. The fourth-order valence-corrected chi connectivity index (χ4v) is 2.03. The second kappa shape index (κ2) is 4.34. The summed E-state index contributed by atoms with van der Waals surface area (Å²) in [6.07, 6.45) is 2.60. The number of hydrogen-bond donors (Lipinski definition) is 1. The number of rotatable bonds is 4. The predicted octanol–water partition coefficient (Wildman–Crippen LogP) is 3.02. The zero-order chi connectivity index (χ0) is 10.8. The van der Waals surface area contributed by atoms with E-state index in [4.69, 9.17) is 0 Å². The maximum absolute atomic E-state index is 10.5. The van der Waals surface area contributed by atoms with E-state index in [9.17, 15) is 10.1 Å². The maximum Gasteiger partial charge on any atom is 0.270 e. The lowest BCUT2D eigenvalue weighted by molar-refractivity contribution is -0.384. The average molecular weight is 318 g/mol. The van der Waals surface area contributed by atoms with Crippen molar-refractivity contribution in [3.05, 3.63) is 31.9 Å². The van der Waals surface area contributed by atoms with Crippen LogP contribution in [0.25, 0.3) is 0 Å². The quantitative estimate of drug-likeness (QED) is 0.527. The molecular formula is C10H11IN2O2. The van der Waals surface area contributed by atoms with Gasteiger partial charge in [0.1, 0.15) is 0 Å². The molecule has 0 saturated heterocycles. The summed E-state index contributed by atoms with van der Waals surface area (Å²) in [5.41, 5.74) is 1.14. The molecule has 4 nitrogen and oxygen atoms in total. The van der Waals surface area contributed by atoms with Crippen LogP contribution in [0.15, 0.2) is 18.2 Å². The van der Waals surface area contributed by atoms with Gasteiger partial charge >= 0.3 is 0 Å². The molecule has 1 aromatic carbocycles. The van der Waals surface area contributed by atoms with E-state index in [0.29, 0.717) is 0 Å². The van der Waals surface area contributed by atoms with Crippen LogP contribution < -0.4 is 5.32 Å². The highest BCUT2D eigenvalue weighted by Crippen LogP contribution is 2.30. The third-order valence-electron chi connectivity index (χ3n) is 2.44. The summed E-state index contributed by atoms with van der Waals surface area (Å²) in [5, 5.41) is 13.8. The topological polar surface area (TPSA) is 55.2 Å². The summed E-state index contributed by atoms with van der Waals surface area (Å²) in [6, 6.07) is 4.91. The Bertz CT molecular complexity index is 391. The molecule has 0 heterocycles. The van der Waals surface area contributed by atoms with Crippen LogP contribution in [0.2, 0.25) is 0 Å². The molecule has 0 unspecified atom stereocenters. The van der Waals surface area contributed by atoms with Gasteiger partial charge in [-0.05, 0) is 47.4 Å². The Morgan fingerprint density at radius 3 is 2.80 bits per heavy atom. The zero-order valence-corrected chi connectivity index (χ0v) is 10.2. The van der Waals surface area contributed by atoms with Gasteiger partial charge < -0.3 is 5.32 Å². The predicted molar refractivity (Wildman–Crippen MR) is 67.0 cm³/mol. The summed E-state index contributed by atoms with van der Waals surface area (Å²) in [4.78, 5) is 10.2. The number of nitrogens with zero attached hydrogens (tertiary/aromatic N) is 1. The molecule has 0 atom stereocenters. The second-order valence-corrected chi connectivity index (χ2v) is 4.91. The van der Waals surface area contributed by atoms with Crippen molar-refractivity contribution in [3.8, 4) is 0 Å². The molecule has 1 aliphatic rings. The van der Waals surface area contributed by atoms with Crippen molar-refractivity contribution in [2.24, 2.45) is 5.92 Å². The van der Waals surface area contributed by atoms with Crippen LogP contribution in [0, 0.1) is 19.6 Å². The van der Waals surface area contributed by atoms with E-state index in [0.717, 1.165) is 21.7 Å². The van der Waals surface area contributed by atoms with E-state index in [1.165, 1.54) is 18.9 Å². The van der Waals surface area contributed by atoms with Crippen LogP contribution in [0.4, 0.5) is 11.4 Å². The molecule has 0 bridgehead atoms. The minimum atomic E-state index is -0.368. The summed E-state index contributed by atoms with van der Waals surface area (Å²) >= 11 is 2.12. The van der Waals surface area contributed by atoms with Crippen molar-refractivity contribution in [1.29, 1.82) is 0 Å². The molecule has 1 saturated carbocycles. The third-order valence-corrected chi connectivity index (χ3v) is 3.33. The fourth-order valence-electron chi connectivity index (χ4n) is 1.34. The molecule has 15 heavy (non-hydrogen) atoms. The van der Waals surface area contributed by atoms with Gasteiger partial charge in [-0.1, -0.05) is 0 Å². The first-order valence-corrected chi connectivity index (χ1v) is 5.92. The number of halogens is 1. The molecule has 0 aliphatic heterocycles. The number of nitro groups is 1. The lowest BCUT2D eigenvalue weighted by atomic mass is 10.3. The molecule has 0 radical (unpaired) electrons. The standard InChI is InChI=1S/C10H11IN2O2/c11-9-5-8(13(14)15)3-4-10(9)12-6-7-1-2-7/h3-5,7,12H,1-2,6H2. The van der Waals surface area contributed by atoms with Crippen LogP contribution in [0.5, 0.6) is 0 Å². The van der Waals surface area contributed by atoms with Crippen LogP contribution >= 0.6 is 22.6 Å². The Labute approximate surface area is 101 Å². The smallest absolute Gasteiger partial charge is 0.270 e. The molecule has 80 valence electrons. The Kier molecular flexibility index (Phi) is 3.08. The van der Waals surface area contributed by atoms with Crippen molar-refractivity contribution in [1.82, 2.24) is 0 Å². The Balaban J connectivity index is 2.07. The minimum absolute atomic E-state index is 0.149. The SMILES string of the molecule is O=[N+]([O-])c1ccc(NCC2CC2)c(I)c1. The van der Waals surface area contributed by atoms with Crippen molar-refractivity contribution in [2.45, 2.75) is 12.8 Å². The first kappa shape index (κ1) is 10.7. The lowest BCUT2D eigenvalue weighted by Gasteiger charge is -2.07. The summed E-state index contributed by atoms with van der Waals surface area (Å²) in [7, 11) is 0. The molecule has 0 aromatic heterocycles. The minimum Gasteiger partial charge on any atom is -0.384 e. The Hall–Kier alpha value is -0.850. The van der Waals surface area contributed by atoms with Crippen molar-refractivity contribution >= 4 is 34.0 Å². The van der Waals surface area contributed by atoms with Crippen LogP contribution in [-0.2, 0) is 0 Å². The monoisotopic (exact) mass is 318 g/mol. The van der Waals surface area contributed by atoms with Gasteiger partial charge in [0.05, 0.1) is 4.92 Å². The van der Waals surface area contributed by atoms with Crippen molar-refractivity contribution < 1.29 is 4.92 Å². The van der Waals surface area contributed by atoms with Gasteiger partial charge in [0.25, 0.3) is 5.69 Å². The summed E-state index contributed by atoms with van der Waals surface area (Å²) < 4.78 is 0.905. The lowest BCUT2D eigenvalue weighted by Crippen LogP contribution is -2.04. The van der Waals surface area contributed by atoms with Crippen LogP contribution in [0.3, 0.4) is 0 Å². The molecule has 2 rings (SSSR count). The number of hydrogen-bond acceptors (Lipinski definition) is 3. The van der Waals surface area contributed by atoms with Crippen LogP contribution in [0.1, 0.15) is 12.8 Å². The fraction of sp³-hybridized carbons (Fsp3) is 0.400. The first-order valence-electron chi connectivity index (χ1n) is 4.84. The van der Waals surface area contributed by atoms with E-state index < -0.39 is 0 Å². The average Bonchev–Trinajstić information content (AvgIpc) is 2.99. The van der Waals surface area contributed by atoms with Gasteiger partial charge in [0.2, 0.25) is 0 Å². The van der Waals surface area contributed by atoms with E-state index in [2.05, 4.69) is 27.9 Å².